The Morgan fingerprint density at radius 1 is 1.03 bits per heavy atom. The summed E-state index contributed by atoms with van der Waals surface area (Å²) < 4.78 is 11.6. The minimum atomic E-state index is 0.524. The number of hydrogen-bond donors (Lipinski definition) is 3. The molecule has 4 aromatic rings. The highest BCUT2D eigenvalue weighted by atomic mass is 16.5. The van der Waals surface area contributed by atoms with Crippen LogP contribution in [0.1, 0.15) is 25.0 Å². The number of aromatic amines is 1. The van der Waals surface area contributed by atoms with Crippen molar-refractivity contribution in [2.24, 2.45) is 0 Å². The van der Waals surface area contributed by atoms with Crippen LogP contribution in [-0.2, 0) is 6.42 Å². The number of likely N-dealkylation sites (tertiary alicyclic amines) is 1. The van der Waals surface area contributed by atoms with Gasteiger partial charge in [0.25, 0.3) is 0 Å². The van der Waals surface area contributed by atoms with Crippen LogP contribution in [0.15, 0.2) is 60.8 Å². The second kappa shape index (κ2) is 11.8. The highest BCUT2D eigenvalue weighted by molar-refractivity contribution is 5.80. The lowest BCUT2D eigenvalue weighted by Crippen LogP contribution is -2.21. The van der Waals surface area contributed by atoms with E-state index in [0.29, 0.717) is 12.6 Å². The first-order valence-corrected chi connectivity index (χ1v) is 12.7. The van der Waals surface area contributed by atoms with Gasteiger partial charge in [0, 0.05) is 48.7 Å². The standard InChI is InChI=1S/C28H34N6O2/c1-35-25-10-9-22(20-26(25)36-18-6-17-34-15-4-5-16-34)32-28-30-14-12-27(33-28)29-13-11-23-19-21-7-2-3-8-24(21)31-23/h2-3,7-10,12,14,19-20,31H,4-6,11,13,15-18H2,1H3,(H2,29,30,32,33). The third-order valence-corrected chi connectivity index (χ3v) is 6.44. The largest absolute Gasteiger partial charge is 0.493 e. The molecule has 188 valence electrons. The molecule has 1 fully saturated rings. The highest BCUT2D eigenvalue weighted by Crippen LogP contribution is 2.31. The molecule has 0 aliphatic carbocycles. The summed E-state index contributed by atoms with van der Waals surface area (Å²) in [6.45, 7) is 4.91. The van der Waals surface area contributed by atoms with Crippen LogP contribution in [0, 0.1) is 0 Å². The molecule has 1 saturated heterocycles. The molecule has 3 heterocycles. The van der Waals surface area contributed by atoms with Crippen LogP contribution in [0.4, 0.5) is 17.5 Å². The molecule has 0 spiro atoms. The van der Waals surface area contributed by atoms with E-state index in [2.05, 4.69) is 54.8 Å². The minimum absolute atomic E-state index is 0.524. The molecule has 8 heteroatoms. The zero-order valence-electron chi connectivity index (χ0n) is 20.8. The van der Waals surface area contributed by atoms with Crippen LogP contribution in [-0.4, -0.2) is 59.7 Å². The fourth-order valence-corrected chi connectivity index (χ4v) is 4.58. The Bertz CT molecular complexity index is 1230. The van der Waals surface area contributed by atoms with Crippen LogP contribution < -0.4 is 20.1 Å². The van der Waals surface area contributed by atoms with Gasteiger partial charge in [-0.15, -0.1) is 0 Å². The molecule has 1 aliphatic rings. The summed E-state index contributed by atoms with van der Waals surface area (Å²) in [7, 11) is 1.66. The van der Waals surface area contributed by atoms with Crippen LogP contribution in [0.5, 0.6) is 11.5 Å². The van der Waals surface area contributed by atoms with Gasteiger partial charge in [0.15, 0.2) is 11.5 Å². The lowest BCUT2D eigenvalue weighted by Gasteiger charge is -2.16. The first-order chi connectivity index (χ1) is 17.8. The number of H-pyrrole nitrogens is 1. The van der Waals surface area contributed by atoms with Gasteiger partial charge < -0.3 is 30.0 Å². The monoisotopic (exact) mass is 486 g/mol. The molecule has 0 saturated carbocycles. The number of ether oxygens (including phenoxy) is 2. The average molecular weight is 487 g/mol. The summed E-state index contributed by atoms with van der Waals surface area (Å²) in [4.78, 5) is 14.9. The van der Waals surface area contributed by atoms with E-state index in [1.54, 1.807) is 13.3 Å². The summed E-state index contributed by atoms with van der Waals surface area (Å²) in [5.41, 5.74) is 3.21. The Labute approximate surface area is 212 Å². The zero-order valence-corrected chi connectivity index (χ0v) is 20.8. The number of benzene rings is 2. The third kappa shape index (κ3) is 6.26. The Balaban J connectivity index is 1.15. The molecule has 0 amide bonds. The van der Waals surface area contributed by atoms with Gasteiger partial charge in [-0.2, -0.15) is 4.98 Å². The number of para-hydroxylation sites is 1. The number of methoxy groups -OCH3 is 1. The van der Waals surface area contributed by atoms with E-state index in [0.717, 1.165) is 54.5 Å². The van der Waals surface area contributed by atoms with Crippen molar-refractivity contribution < 1.29 is 9.47 Å². The van der Waals surface area contributed by atoms with Crippen molar-refractivity contribution in [3.05, 3.63) is 66.5 Å². The maximum Gasteiger partial charge on any atom is 0.229 e. The van der Waals surface area contributed by atoms with E-state index in [1.165, 1.54) is 37.0 Å². The van der Waals surface area contributed by atoms with Gasteiger partial charge in [0.05, 0.1) is 13.7 Å². The number of hydrogen-bond acceptors (Lipinski definition) is 7. The van der Waals surface area contributed by atoms with Gasteiger partial charge in [0.2, 0.25) is 5.95 Å². The second-order valence-corrected chi connectivity index (χ2v) is 9.07. The SMILES string of the molecule is COc1ccc(Nc2nccc(NCCc3cc4ccccc4[nH]3)n2)cc1OCCCN1CCCC1. The topological polar surface area (TPSA) is 87.3 Å². The Morgan fingerprint density at radius 3 is 2.78 bits per heavy atom. The fraction of sp³-hybridized carbons (Fsp3) is 0.357. The molecule has 0 radical (unpaired) electrons. The number of aromatic nitrogens is 3. The summed E-state index contributed by atoms with van der Waals surface area (Å²) in [6, 6.07) is 18.2. The lowest BCUT2D eigenvalue weighted by molar-refractivity contribution is 0.254. The van der Waals surface area contributed by atoms with Gasteiger partial charge in [-0.1, -0.05) is 18.2 Å². The van der Waals surface area contributed by atoms with E-state index in [4.69, 9.17) is 9.47 Å². The number of nitrogens with one attached hydrogen (secondary N) is 3. The van der Waals surface area contributed by atoms with Crippen molar-refractivity contribution in [2.75, 3.05) is 50.5 Å². The maximum absolute atomic E-state index is 6.06. The van der Waals surface area contributed by atoms with Gasteiger partial charge in [-0.3, -0.25) is 0 Å². The van der Waals surface area contributed by atoms with E-state index >= 15 is 0 Å². The molecule has 8 nitrogen and oxygen atoms in total. The lowest BCUT2D eigenvalue weighted by atomic mass is 10.2. The van der Waals surface area contributed by atoms with E-state index < -0.39 is 0 Å². The Morgan fingerprint density at radius 2 is 1.92 bits per heavy atom. The molecule has 5 rings (SSSR count). The number of nitrogens with zero attached hydrogens (tertiary/aromatic N) is 3. The summed E-state index contributed by atoms with van der Waals surface area (Å²) in [5, 5.41) is 7.91. The Kier molecular flexibility index (Phi) is 7.83. The first kappa shape index (κ1) is 23.9. The maximum atomic E-state index is 6.06. The predicted octanol–water partition coefficient (Wildman–Crippen LogP) is 5.23. The fourth-order valence-electron chi connectivity index (χ4n) is 4.58. The van der Waals surface area contributed by atoms with Crippen molar-refractivity contribution in [3.63, 3.8) is 0 Å². The Hall–Kier alpha value is -3.78. The summed E-state index contributed by atoms with van der Waals surface area (Å²) >= 11 is 0. The predicted molar refractivity (Wildman–Crippen MR) is 145 cm³/mol. The molecule has 36 heavy (non-hydrogen) atoms. The van der Waals surface area contributed by atoms with E-state index in [1.807, 2.05) is 30.3 Å². The first-order valence-electron chi connectivity index (χ1n) is 12.7. The third-order valence-electron chi connectivity index (χ3n) is 6.44. The second-order valence-electron chi connectivity index (χ2n) is 9.07. The zero-order chi connectivity index (χ0) is 24.6. The van der Waals surface area contributed by atoms with Crippen LogP contribution in [0.2, 0.25) is 0 Å². The molecule has 1 aliphatic heterocycles. The van der Waals surface area contributed by atoms with E-state index in [9.17, 15) is 0 Å². The molecular weight excluding hydrogens is 452 g/mol. The highest BCUT2D eigenvalue weighted by Gasteiger charge is 2.12. The number of fused-ring (bicyclic) bond motifs is 1. The number of anilines is 3. The van der Waals surface area contributed by atoms with Crippen molar-refractivity contribution >= 4 is 28.4 Å². The van der Waals surface area contributed by atoms with Gasteiger partial charge >= 0.3 is 0 Å². The molecule has 0 atom stereocenters. The summed E-state index contributed by atoms with van der Waals surface area (Å²) in [6.07, 6.45) is 6.24. The van der Waals surface area contributed by atoms with Crippen molar-refractivity contribution in [3.8, 4) is 11.5 Å². The van der Waals surface area contributed by atoms with Gasteiger partial charge in [-0.05, 0) is 68.1 Å². The quantitative estimate of drug-likeness (QED) is 0.236. The molecule has 2 aromatic heterocycles. The van der Waals surface area contributed by atoms with Gasteiger partial charge in [-0.25, -0.2) is 4.98 Å². The van der Waals surface area contributed by atoms with Crippen LogP contribution >= 0.6 is 0 Å². The van der Waals surface area contributed by atoms with Crippen molar-refractivity contribution in [1.82, 2.24) is 19.9 Å². The van der Waals surface area contributed by atoms with Crippen LogP contribution in [0.25, 0.3) is 10.9 Å². The average Bonchev–Trinajstić information content (AvgIpc) is 3.57. The van der Waals surface area contributed by atoms with Crippen LogP contribution in [0.3, 0.4) is 0 Å². The van der Waals surface area contributed by atoms with Crippen molar-refractivity contribution in [2.45, 2.75) is 25.7 Å². The molecule has 0 bridgehead atoms. The summed E-state index contributed by atoms with van der Waals surface area (Å²) in [5.74, 6) is 2.73. The molecular formula is C28H34N6O2. The molecule has 3 N–H and O–H groups in total. The normalized spacial score (nSPS) is 13.7. The minimum Gasteiger partial charge on any atom is -0.493 e. The molecule has 2 aromatic carbocycles. The van der Waals surface area contributed by atoms with Gasteiger partial charge in [0.1, 0.15) is 5.82 Å². The molecule has 0 unspecified atom stereocenters. The van der Waals surface area contributed by atoms with Crippen molar-refractivity contribution in [1.29, 1.82) is 0 Å². The number of rotatable bonds is 12. The smallest absolute Gasteiger partial charge is 0.229 e. The van der Waals surface area contributed by atoms with E-state index in [-0.39, 0.29) is 0 Å².